The molecule has 0 aromatic carbocycles. The van der Waals surface area contributed by atoms with Gasteiger partial charge in [0.25, 0.3) is 0 Å². The second-order valence-corrected chi connectivity index (χ2v) is 8.36. The first-order valence-electron chi connectivity index (χ1n) is 4.00. The minimum Gasteiger partial charge on any atom is -0.132 e. The Bertz CT molecular complexity index is 192. The van der Waals surface area contributed by atoms with Gasteiger partial charge in [0, 0.05) is 12.8 Å². The Kier molecular flexibility index (Phi) is 4.74. The molecule has 0 aliphatic carbocycles. The molecular formula is C10H16Si. The Hall–Kier alpha value is -0.663. The smallest absolute Gasteiger partial charge is 0.129 e. The van der Waals surface area contributed by atoms with Gasteiger partial charge in [0.1, 0.15) is 8.07 Å². The lowest BCUT2D eigenvalue weighted by molar-refractivity contribution is 0.904. The molecule has 0 atom stereocenters. The van der Waals surface area contributed by atoms with E-state index in [2.05, 4.69) is 37.0 Å². The van der Waals surface area contributed by atoms with Crippen molar-refractivity contribution in [3.05, 3.63) is 0 Å². The van der Waals surface area contributed by atoms with E-state index in [1.54, 1.807) is 0 Å². The van der Waals surface area contributed by atoms with Gasteiger partial charge in [0.15, 0.2) is 0 Å². The van der Waals surface area contributed by atoms with E-state index in [4.69, 9.17) is 6.42 Å². The van der Waals surface area contributed by atoms with Gasteiger partial charge < -0.3 is 0 Å². The van der Waals surface area contributed by atoms with Gasteiger partial charge in [-0.15, -0.1) is 23.8 Å². The molecular weight excluding hydrogens is 148 g/mol. The van der Waals surface area contributed by atoms with Crippen molar-refractivity contribution in [1.82, 2.24) is 0 Å². The topological polar surface area (TPSA) is 0 Å². The summed E-state index contributed by atoms with van der Waals surface area (Å²) >= 11 is 0. The average molecular weight is 164 g/mol. The quantitative estimate of drug-likeness (QED) is 0.334. The van der Waals surface area contributed by atoms with Gasteiger partial charge in [-0.1, -0.05) is 19.6 Å². The lowest BCUT2D eigenvalue weighted by Gasteiger charge is -2.02. The van der Waals surface area contributed by atoms with Gasteiger partial charge in [-0.3, -0.25) is 0 Å². The van der Waals surface area contributed by atoms with Crippen molar-refractivity contribution in [3.8, 4) is 23.8 Å². The molecule has 0 aliphatic rings. The number of unbranched alkanes of at least 4 members (excludes halogenated alkanes) is 2. The maximum absolute atomic E-state index is 5.11. The molecule has 0 saturated heterocycles. The minimum absolute atomic E-state index is 0.861. The number of rotatable bonds is 2. The molecule has 1 heteroatoms. The van der Waals surface area contributed by atoms with Crippen molar-refractivity contribution in [2.45, 2.75) is 38.9 Å². The molecule has 0 bridgehead atoms. The summed E-state index contributed by atoms with van der Waals surface area (Å²) in [5.41, 5.74) is 3.30. The van der Waals surface area contributed by atoms with Gasteiger partial charge in [0.2, 0.25) is 0 Å². The van der Waals surface area contributed by atoms with Crippen LogP contribution in [0.2, 0.25) is 19.6 Å². The van der Waals surface area contributed by atoms with Crippen molar-refractivity contribution < 1.29 is 0 Å². The van der Waals surface area contributed by atoms with E-state index >= 15 is 0 Å². The summed E-state index contributed by atoms with van der Waals surface area (Å²) in [7, 11) is -1.13. The third kappa shape index (κ3) is 9.34. The second kappa shape index (κ2) is 5.05. The molecule has 11 heavy (non-hydrogen) atoms. The molecule has 0 unspecified atom stereocenters. The molecule has 0 aromatic heterocycles. The molecule has 0 rings (SSSR count). The summed E-state index contributed by atoms with van der Waals surface area (Å²) in [6.45, 7) is 6.75. The highest BCUT2D eigenvalue weighted by Gasteiger charge is 2.06. The normalized spacial score (nSPS) is 9.64. The fraction of sp³-hybridized carbons (Fsp3) is 0.600. The highest BCUT2D eigenvalue weighted by atomic mass is 28.3. The fourth-order valence-electron chi connectivity index (χ4n) is 0.607. The third-order valence-corrected chi connectivity index (χ3v) is 2.01. The first kappa shape index (κ1) is 10.3. The number of hydrogen-bond acceptors (Lipinski definition) is 0. The van der Waals surface area contributed by atoms with Gasteiger partial charge in [-0.25, -0.2) is 0 Å². The zero-order valence-electron chi connectivity index (χ0n) is 7.70. The van der Waals surface area contributed by atoms with Crippen molar-refractivity contribution >= 4 is 8.07 Å². The predicted octanol–water partition coefficient (Wildman–Crippen LogP) is 2.67. The zero-order chi connectivity index (χ0) is 8.74. The molecule has 0 N–H and O–H groups in total. The largest absolute Gasteiger partial charge is 0.132 e. The van der Waals surface area contributed by atoms with E-state index in [1.165, 1.54) is 0 Å². The summed E-state index contributed by atoms with van der Waals surface area (Å²) in [5.74, 6) is 5.79. The maximum Gasteiger partial charge on any atom is 0.129 e. The minimum atomic E-state index is -1.13. The highest BCUT2D eigenvalue weighted by molar-refractivity contribution is 6.83. The van der Waals surface area contributed by atoms with E-state index in [0.717, 1.165) is 19.3 Å². The van der Waals surface area contributed by atoms with Gasteiger partial charge >= 0.3 is 0 Å². The van der Waals surface area contributed by atoms with Crippen LogP contribution in [0.25, 0.3) is 0 Å². The van der Waals surface area contributed by atoms with Crippen LogP contribution in [-0.4, -0.2) is 8.07 Å². The van der Waals surface area contributed by atoms with Crippen molar-refractivity contribution in [2.75, 3.05) is 0 Å². The maximum atomic E-state index is 5.11. The van der Waals surface area contributed by atoms with Crippen LogP contribution in [0.1, 0.15) is 19.3 Å². The van der Waals surface area contributed by atoms with Crippen molar-refractivity contribution in [1.29, 1.82) is 0 Å². The van der Waals surface area contributed by atoms with E-state index in [0.29, 0.717) is 0 Å². The Morgan fingerprint density at radius 3 is 2.27 bits per heavy atom. The fourth-order valence-corrected chi connectivity index (χ4v) is 1.26. The second-order valence-electron chi connectivity index (χ2n) is 3.61. The van der Waals surface area contributed by atoms with Crippen LogP contribution in [0, 0.1) is 23.8 Å². The van der Waals surface area contributed by atoms with Crippen molar-refractivity contribution in [2.24, 2.45) is 0 Å². The standard InChI is InChI=1S/C10H16Si/c1-5-6-7-8-9-10-11(2,3)4/h1H,6-8H2,2-4H3. The van der Waals surface area contributed by atoms with Crippen LogP contribution in [0.3, 0.4) is 0 Å². The summed E-state index contributed by atoms with van der Waals surface area (Å²) in [6, 6.07) is 0. The summed E-state index contributed by atoms with van der Waals surface area (Å²) in [5, 5.41) is 0. The average Bonchev–Trinajstić information content (AvgIpc) is 1.85. The van der Waals surface area contributed by atoms with Gasteiger partial charge in [-0.2, -0.15) is 0 Å². The SMILES string of the molecule is C#CCCCC#C[Si](C)(C)C. The molecule has 0 spiro atoms. The molecule has 0 aliphatic heterocycles. The van der Waals surface area contributed by atoms with Crippen LogP contribution in [0.4, 0.5) is 0 Å². The Morgan fingerprint density at radius 1 is 1.18 bits per heavy atom. The Morgan fingerprint density at radius 2 is 1.82 bits per heavy atom. The summed E-state index contributed by atoms with van der Waals surface area (Å²) in [4.78, 5) is 0. The molecule has 60 valence electrons. The monoisotopic (exact) mass is 164 g/mol. The van der Waals surface area contributed by atoms with Gasteiger partial charge in [0.05, 0.1) is 0 Å². The molecule has 0 aromatic rings. The Labute approximate surface area is 71.4 Å². The Balaban J connectivity index is 3.51. The zero-order valence-corrected chi connectivity index (χ0v) is 8.70. The number of terminal acetylenes is 1. The molecule has 0 heterocycles. The van der Waals surface area contributed by atoms with Crippen molar-refractivity contribution in [3.63, 3.8) is 0 Å². The number of hydrogen-bond donors (Lipinski definition) is 0. The molecule has 0 nitrogen and oxygen atoms in total. The predicted molar refractivity (Wildman–Crippen MR) is 53.8 cm³/mol. The van der Waals surface area contributed by atoms with Crippen LogP contribution < -0.4 is 0 Å². The van der Waals surface area contributed by atoms with E-state index in [-0.39, 0.29) is 0 Å². The lowest BCUT2D eigenvalue weighted by Crippen LogP contribution is -2.16. The lowest BCUT2D eigenvalue weighted by atomic mass is 10.2. The third-order valence-electron chi connectivity index (χ3n) is 1.09. The highest BCUT2D eigenvalue weighted by Crippen LogP contribution is 1.98. The van der Waals surface area contributed by atoms with Crippen LogP contribution in [-0.2, 0) is 0 Å². The molecule has 0 fully saturated rings. The molecule has 0 saturated carbocycles. The summed E-state index contributed by atoms with van der Waals surface area (Å²) in [6.07, 6.45) is 7.98. The van der Waals surface area contributed by atoms with E-state index < -0.39 is 8.07 Å². The first-order valence-corrected chi connectivity index (χ1v) is 7.50. The van der Waals surface area contributed by atoms with Crippen LogP contribution in [0.5, 0.6) is 0 Å². The van der Waals surface area contributed by atoms with E-state index in [1.807, 2.05) is 0 Å². The van der Waals surface area contributed by atoms with Crippen LogP contribution in [0.15, 0.2) is 0 Å². The van der Waals surface area contributed by atoms with E-state index in [9.17, 15) is 0 Å². The molecule has 0 amide bonds. The van der Waals surface area contributed by atoms with Gasteiger partial charge in [-0.05, 0) is 6.42 Å². The molecule has 0 radical (unpaired) electrons. The first-order chi connectivity index (χ1) is 5.06. The summed E-state index contributed by atoms with van der Waals surface area (Å²) < 4.78 is 0. The van der Waals surface area contributed by atoms with Crippen LogP contribution >= 0.6 is 0 Å².